The van der Waals surface area contributed by atoms with E-state index in [9.17, 15) is 9.59 Å². The van der Waals surface area contributed by atoms with E-state index in [4.69, 9.17) is 4.42 Å². The lowest BCUT2D eigenvalue weighted by Crippen LogP contribution is -2.36. The minimum Gasteiger partial charge on any atom is -0.468 e. The topological polar surface area (TPSA) is 74.6 Å². The molecule has 2 aliphatic rings. The summed E-state index contributed by atoms with van der Waals surface area (Å²) in [4.78, 5) is 26.9. The number of amides is 2. The van der Waals surface area contributed by atoms with E-state index in [1.807, 2.05) is 18.2 Å². The van der Waals surface area contributed by atoms with Gasteiger partial charge in [-0.05, 0) is 69.1 Å². The van der Waals surface area contributed by atoms with Gasteiger partial charge in [-0.3, -0.25) is 14.5 Å². The molecule has 0 radical (unpaired) electrons. The zero-order valence-corrected chi connectivity index (χ0v) is 15.3. The number of nitrogens with zero attached hydrogens (tertiary/aromatic N) is 1. The summed E-state index contributed by atoms with van der Waals surface area (Å²) in [6.07, 6.45) is 5.93. The number of rotatable bonds is 7. The Morgan fingerprint density at radius 2 is 1.96 bits per heavy atom. The Morgan fingerprint density at radius 3 is 2.67 bits per heavy atom. The van der Waals surface area contributed by atoms with E-state index < -0.39 is 0 Å². The highest BCUT2D eigenvalue weighted by Crippen LogP contribution is 2.30. The summed E-state index contributed by atoms with van der Waals surface area (Å²) in [6, 6.07) is 11.0. The summed E-state index contributed by atoms with van der Waals surface area (Å²) in [6.45, 7) is 2.53. The van der Waals surface area contributed by atoms with Crippen LogP contribution in [0.25, 0.3) is 0 Å². The number of benzene rings is 1. The van der Waals surface area contributed by atoms with Gasteiger partial charge >= 0.3 is 0 Å². The van der Waals surface area contributed by atoms with E-state index >= 15 is 0 Å². The highest BCUT2D eigenvalue weighted by molar-refractivity contribution is 5.98. The van der Waals surface area contributed by atoms with Crippen LogP contribution in [0.4, 0.5) is 5.69 Å². The number of furan rings is 1. The van der Waals surface area contributed by atoms with Gasteiger partial charge in [0, 0.05) is 23.7 Å². The van der Waals surface area contributed by atoms with Crippen molar-refractivity contribution >= 4 is 17.5 Å². The van der Waals surface area contributed by atoms with Crippen LogP contribution in [0.1, 0.15) is 47.8 Å². The lowest BCUT2D eigenvalue weighted by atomic mass is 10.1. The van der Waals surface area contributed by atoms with Crippen molar-refractivity contribution in [3.63, 3.8) is 0 Å². The molecular formula is C21H25N3O3. The number of likely N-dealkylation sites (tertiary alicyclic amines) is 1. The van der Waals surface area contributed by atoms with Crippen molar-refractivity contribution in [2.75, 3.05) is 25.0 Å². The lowest BCUT2D eigenvalue weighted by Gasteiger charge is -2.26. The van der Waals surface area contributed by atoms with E-state index in [-0.39, 0.29) is 23.8 Å². The Labute approximate surface area is 158 Å². The molecule has 1 aliphatic heterocycles. The fourth-order valence-electron chi connectivity index (χ4n) is 3.56. The van der Waals surface area contributed by atoms with E-state index in [0.29, 0.717) is 17.8 Å². The molecule has 1 saturated carbocycles. The van der Waals surface area contributed by atoms with Gasteiger partial charge < -0.3 is 15.1 Å². The van der Waals surface area contributed by atoms with Gasteiger partial charge in [0.25, 0.3) is 5.91 Å². The number of carbonyl (C=O) groups excluding carboxylic acids is 2. The maximum atomic E-state index is 12.6. The van der Waals surface area contributed by atoms with Crippen molar-refractivity contribution < 1.29 is 14.0 Å². The van der Waals surface area contributed by atoms with Gasteiger partial charge in [0.05, 0.1) is 12.3 Å². The smallest absolute Gasteiger partial charge is 0.251 e. The molecule has 1 atom stereocenters. The second kappa shape index (κ2) is 7.96. The molecule has 1 aromatic carbocycles. The molecule has 1 aromatic heterocycles. The van der Waals surface area contributed by atoms with Gasteiger partial charge in [0.2, 0.25) is 5.91 Å². The van der Waals surface area contributed by atoms with Crippen molar-refractivity contribution in [3.05, 3.63) is 54.0 Å². The normalized spacial score (nSPS) is 18.2. The molecular weight excluding hydrogens is 342 g/mol. The SMILES string of the molecule is O=C(NCC(c1ccco1)N1CCCC1)c1cccc(NC(=O)C2CC2)c1. The number of nitrogens with one attached hydrogen (secondary N) is 2. The second-order valence-electron chi connectivity index (χ2n) is 7.33. The zero-order valence-electron chi connectivity index (χ0n) is 15.3. The van der Waals surface area contributed by atoms with Crippen molar-refractivity contribution in [2.24, 2.45) is 5.92 Å². The van der Waals surface area contributed by atoms with Crippen LogP contribution < -0.4 is 10.6 Å². The van der Waals surface area contributed by atoms with Gasteiger partial charge in [0.1, 0.15) is 5.76 Å². The van der Waals surface area contributed by atoms with Crippen molar-refractivity contribution in [1.82, 2.24) is 10.2 Å². The Bertz CT molecular complexity index is 793. The summed E-state index contributed by atoms with van der Waals surface area (Å²) >= 11 is 0. The first-order chi connectivity index (χ1) is 13.2. The number of carbonyl (C=O) groups is 2. The first-order valence-electron chi connectivity index (χ1n) is 9.67. The standard InChI is InChI=1S/C21H25N3O3/c25-20(16-5-3-6-17(13-16)23-21(26)15-8-9-15)22-14-18(19-7-4-12-27-19)24-10-1-2-11-24/h3-7,12-13,15,18H,1-2,8-11,14H2,(H,22,25)(H,23,26). The predicted molar refractivity (Wildman–Crippen MR) is 102 cm³/mol. The summed E-state index contributed by atoms with van der Waals surface area (Å²) in [5, 5.41) is 5.92. The molecule has 4 rings (SSSR count). The van der Waals surface area contributed by atoms with Crippen LogP contribution >= 0.6 is 0 Å². The Morgan fingerprint density at radius 1 is 1.15 bits per heavy atom. The molecule has 0 bridgehead atoms. The molecule has 2 fully saturated rings. The summed E-state index contributed by atoms with van der Waals surface area (Å²) in [5.41, 5.74) is 1.21. The van der Waals surface area contributed by atoms with Gasteiger partial charge in [-0.25, -0.2) is 0 Å². The molecule has 142 valence electrons. The second-order valence-corrected chi connectivity index (χ2v) is 7.33. The lowest BCUT2D eigenvalue weighted by molar-refractivity contribution is -0.117. The summed E-state index contributed by atoms with van der Waals surface area (Å²) in [5.74, 6) is 0.910. The van der Waals surface area contributed by atoms with Crippen LogP contribution in [-0.4, -0.2) is 36.3 Å². The van der Waals surface area contributed by atoms with E-state index in [1.54, 1.807) is 24.5 Å². The summed E-state index contributed by atoms with van der Waals surface area (Å²) in [7, 11) is 0. The van der Waals surface area contributed by atoms with Crippen LogP contribution in [0.15, 0.2) is 47.1 Å². The molecule has 1 aliphatic carbocycles. The molecule has 2 amide bonds. The largest absolute Gasteiger partial charge is 0.468 e. The monoisotopic (exact) mass is 367 g/mol. The van der Waals surface area contributed by atoms with Crippen LogP contribution in [0, 0.1) is 5.92 Å². The average Bonchev–Trinajstić information content (AvgIpc) is 3.15. The molecule has 6 nitrogen and oxygen atoms in total. The number of hydrogen-bond acceptors (Lipinski definition) is 4. The van der Waals surface area contributed by atoms with E-state index in [2.05, 4.69) is 15.5 Å². The fraction of sp³-hybridized carbons (Fsp3) is 0.429. The molecule has 6 heteroatoms. The maximum Gasteiger partial charge on any atom is 0.251 e. The minimum absolute atomic E-state index is 0.0412. The van der Waals surface area contributed by atoms with Crippen LogP contribution in [0.5, 0.6) is 0 Å². The minimum atomic E-state index is -0.145. The van der Waals surface area contributed by atoms with Crippen LogP contribution in [0.2, 0.25) is 0 Å². The molecule has 1 unspecified atom stereocenters. The third kappa shape index (κ3) is 4.39. The molecule has 27 heavy (non-hydrogen) atoms. The van der Waals surface area contributed by atoms with E-state index in [0.717, 1.165) is 31.7 Å². The molecule has 2 heterocycles. The van der Waals surface area contributed by atoms with Crippen molar-refractivity contribution in [3.8, 4) is 0 Å². The number of hydrogen-bond donors (Lipinski definition) is 2. The predicted octanol–water partition coefficient (Wildman–Crippen LogP) is 3.20. The van der Waals surface area contributed by atoms with Gasteiger partial charge in [-0.15, -0.1) is 0 Å². The number of anilines is 1. The average molecular weight is 367 g/mol. The highest BCUT2D eigenvalue weighted by atomic mass is 16.3. The third-order valence-corrected chi connectivity index (χ3v) is 5.25. The summed E-state index contributed by atoms with van der Waals surface area (Å²) < 4.78 is 5.60. The third-order valence-electron chi connectivity index (χ3n) is 5.25. The first kappa shape index (κ1) is 17.8. The Balaban J connectivity index is 1.39. The fourth-order valence-corrected chi connectivity index (χ4v) is 3.56. The Hall–Kier alpha value is -2.60. The maximum absolute atomic E-state index is 12.6. The van der Waals surface area contributed by atoms with E-state index in [1.165, 1.54) is 12.8 Å². The highest BCUT2D eigenvalue weighted by Gasteiger charge is 2.29. The molecule has 1 saturated heterocycles. The van der Waals surface area contributed by atoms with Crippen LogP contribution in [-0.2, 0) is 4.79 Å². The van der Waals surface area contributed by atoms with Crippen molar-refractivity contribution in [2.45, 2.75) is 31.7 Å². The molecule has 2 aromatic rings. The Kier molecular flexibility index (Phi) is 5.25. The molecule has 2 N–H and O–H groups in total. The van der Waals surface area contributed by atoms with Crippen molar-refractivity contribution in [1.29, 1.82) is 0 Å². The van der Waals surface area contributed by atoms with Crippen LogP contribution in [0.3, 0.4) is 0 Å². The molecule has 0 spiro atoms. The van der Waals surface area contributed by atoms with Gasteiger partial charge in [0.15, 0.2) is 0 Å². The zero-order chi connectivity index (χ0) is 18.6. The van der Waals surface area contributed by atoms with Gasteiger partial charge in [-0.1, -0.05) is 6.07 Å². The first-order valence-corrected chi connectivity index (χ1v) is 9.67. The quantitative estimate of drug-likeness (QED) is 0.788. The van der Waals surface area contributed by atoms with Gasteiger partial charge in [-0.2, -0.15) is 0 Å².